The van der Waals surface area contributed by atoms with E-state index in [0.717, 1.165) is 16.6 Å². The molecule has 2 nitrogen and oxygen atoms in total. The Labute approximate surface area is 116 Å². The molecule has 4 heteroatoms. The summed E-state index contributed by atoms with van der Waals surface area (Å²) < 4.78 is 1.10. The van der Waals surface area contributed by atoms with Crippen LogP contribution in [0.5, 0.6) is 0 Å². The van der Waals surface area contributed by atoms with Gasteiger partial charge in [-0.3, -0.25) is 0 Å². The fraction of sp³-hybridized carbons (Fsp3) is 0.538. The monoisotopic (exact) mass is 317 g/mol. The first-order valence-corrected chi connectivity index (χ1v) is 7.97. The van der Waals surface area contributed by atoms with Crippen LogP contribution in [0.4, 0.5) is 0 Å². The lowest BCUT2D eigenvalue weighted by Crippen LogP contribution is -2.34. The minimum atomic E-state index is 0.241. The first kappa shape index (κ1) is 15.0. The highest BCUT2D eigenvalue weighted by Gasteiger charge is 2.12. The van der Waals surface area contributed by atoms with Crippen LogP contribution in [0.2, 0.25) is 0 Å². The van der Waals surface area contributed by atoms with Gasteiger partial charge < -0.3 is 10.4 Å². The Bertz CT molecular complexity index is 312. The van der Waals surface area contributed by atoms with Crippen molar-refractivity contribution in [3.05, 3.63) is 34.3 Å². The maximum Gasteiger partial charge on any atom is 0.0446 e. The SMILES string of the molecule is CSCC(CCO)NC(C)c1ccc(Br)cc1. The summed E-state index contributed by atoms with van der Waals surface area (Å²) in [5.74, 6) is 1.03. The van der Waals surface area contributed by atoms with Crippen molar-refractivity contribution in [2.75, 3.05) is 18.6 Å². The van der Waals surface area contributed by atoms with E-state index >= 15 is 0 Å². The number of benzene rings is 1. The molecule has 1 aromatic rings. The molecular formula is C13H20BrNOS. The van der Waals surface area contributed by atoms with Crippen molar-refractivity contribution in [1.82, 2.24) is 5.32 Å². The molecule has 0 aliphatic carbocycles. The van der Waals surface area contributed by atoms with E-state index in [9.17, 15) is 0 Å². The van der Waals surface area contributed by atoms with Crippen LogP contribution in [-0.2, 0) is 0 Å². The van der Waals surface area contributed by atoms with Crippen molar-refractivity contribution >= 4 is 27.7 Å². The summed E-state index contributed by atoms with van der Waals surface area (Å²) in [7, 11) is 0. The quantitative estimate of drug-likeness (QED) is 0.810. The highest BCUT2D eigenvalue weighted by Crippen LogP contribution is 2.18. The fourth-order valence-electron chi connectivity index (χ4n) is 1.77. The van der Waals surface area contributed by atoms with Crippen LogP contribution < -0.4 is 5.32 Å². The number of nitrogens with one attached hydrogen (secondary N) is 1. The molecule has 1 rings (SSSR count). The predicted octanol–water partition coefficient (Wildman–Crippen LogP) is 3.21. The molecule has 1 aromatic carbocycles. The Hall–Kier alpha value is -0.0300. The fourth-order valence-corrected chi connectivity index (χ4v) is 2.70. The van der Waals surface area contributed by atoms with Crippen molar-refractivity contribution in [3.63, 3.8) is 0 Å². The second-order valence-electron chi connectivity index (χ2n) is 4.10. The second-order valence-corrected chi connectivity index (χ2v) is 5.93. The van der Waals surface area contributed by atoms with Gasteiger partial charge in [-0.1, -0.05) is 28.1 Å². The molecule has 0 saturated heterocycles. The standard InChI is InChI=1S/C13H20BrNOS/c1-10(11-3-5-12(14)6-4-11)15-13(7-8-16)9-17-2/h3-6,10,13,15-16H,7-9H2,1-2H3. The molecule has 0 bridgehead atoms. The van der Waals surface area contributed by atoms with E-state index in [0.29, 0.717) is 12.1 Å². The third-order valence-electron chi connectivity index (χ3n) is 2.70. The highest BCUT2D eigenvalue weighted by atomic mass is 79.9. The Morgan fingerprint density at radius 3 is 2.53 bits per heavy atom. The van der Waals surface area contributed by atoms with Gasteiger partial charge in [0.05, 0.1) is 0 Å². The average Bonchev–Trinajstić information content (AvgIpc) is 2.30. The summed E-state index contributed by atoms with van der Waals surface area (Å²) in [4.78, 5) is 0. The largest absolute Gasteiger partial charge is 0.396 e. The van der Waals surface area contributed by atoms with Crippen LogP contribution in [-0.4, -0.2) is 29.8 Å². The zero-order valence-corrected chi connectivity index (χ0v) is 12.7. The lowest BCUT2D eigenvalue weighted by molar-refractivity contribution is 0.265. The van der Waals surface area contributed by atoms with Gasteiger partial charge in [0.25, 0.3) is 0 Å². The molecule has 0 amide bonds. The highest BCUT2D eigenvalue weighted by molar-refractivity contribution is 9.10. The molecule has 2 N–H and O–H groups in total. The minimum Gasteiger partial charge on any atom is -0.396 e. The van der Waals surface area contributed by atoms with Crippen molar-refractivity contribution in [2.45, 2.75) is 25.4 Å². The Morgan fingerprint density at radius 2 is 2.00 bits per heavy atom. The van der Waals surface area contributed by atoms with Crippen LogP contribution in [0.25, 0.3) is 0 Å². The molecule has 0 aliphatic heterocycles. The maximum absolute atomic E-state index is 9.03. The van der Waals surface area contributed by atoms with Gasteiger partial charge in [-0.05, 0) is 37.3 Å². The normalized spacial score (nSPS) is 14.6. The molecule has 96 valence electrons. The molecule has 0 radical (unpaired) electrons. The number of rotatable bonds is 7. The topological polar surface area (TPSA) is 32.3 Å². The number of thioether (sulfide) groups is 1. The van der Waals surface area contributed by atoms with Gasteiger partial charge in [-0.2, -0.15) is 11.8 Å². The molecule has 2 unspecified atom stereocenters. The van der Waals surface area contributed by atoms with Gasteiger partial charge in [0.2, 0.25) is 0 Å². The van der Waals surface area contributed by atoms with E-state index in [1.807, 2.05) is 11.8 Å². The summed E-state index contributed by atoms with van der Waals surface area (Å²) >= 11 is 5.25. The van der Waals surface area contributed by atoms with Crippen molar-refractivity contribution in [1.29, 1.82) is 0 Å². The van der Waals surface area contributed by atoms with E-state index in [4.69, 9.17) is 5.11 Å². The van der Waals surface area contributed by atoms with Gasteiger partial charge in [-0.15, -0.1) is 0 Å². The van der Waals surface area contributed by atoms with E-state index in [-0.39, 0.29) is 6.61 Å². The third kappa shape index (κ3) is 5.42. The van der Waals surface area contributed by atoms with Crippen LogP contribution in [0.1, 0.15) is 24.9 Å². The maximum atomic E-state index is 9.03. The van der Waals surface area contributed by atoms with Crippen molar-refractivity contribution < 1.29 is 5.11 Å². The summed E-state index contributed by atoms with van der Waals surface area (Å²) in [5.41, 5.74) is 1.28. The smallest absolute Gasteiger partial charge is 0.0446 e. The van der Waals surface area contributed by atoms with Crippen LogP contribution in [0.15, 0.2) is 28.7 Å². The van der Waals surface area contributed by atoms with Gasteiger partial charge >= 0.3 is 0 Å². The molecule has 0 heterocycles. The van der Waals surface area contributed by atoms with Crippen LogP contribution in [0, 0.1) is 0 Å². The number of hydrogen-bond acceptors (Lipinski definition) is 3. The Morgan fingerprint density at radius 1 is 1.35 bits per heavy atom. The molecule has 0 spiro atoms. The molecular weight excluding hydrogens is 298 g/mol. The summed E-state index contributed by atoms with van der Waals surface area (Å²) in [5, 5.41) is 12.6. The first-order valence-electron chi connectivity index (χ1n) is 5.78. The lowest BCUT2D eigenvalue weighted by Gasteiger charge is -2.22. The molecule has 17 heavy (non-hydrogen) atoms. The predicted molar refractivity (Wildman–Crippen MR) is 79.6 cm³/mol. The number of aliphatic hydroxyl groups excluding tert-OH is 1. The summed E-state index contributed by atoms with van der Waals surface area (Å²) in [6.45, 7) is 2.40. The molecule has 0 aliphatic rings. The number of hydrogen-bond donors (Lipinski definition) is 2. The average molecular weight is 318 g/mol. The molecule has 0 fully saturated rings. The molecule has 0 aromatic heterocycles. The van der Waals surface area contributed by atoms with Gasteiger partial charge in [0, 0.05) is 28.9 Å². The molecule has 0 saturated carbocycles. The lowest BCUT2D eigenvalue weighted by atomic mass is 10.1. The third-order valence-corrected chi connectivity index (χ3v) is 3.97. The van der Waals surface area contributed by atoms with Gasteiger partial charge in [0.15, 0.2) is 0 Å². The number of aliphatic hydroxyl groups is 1. The summed E-state index contributed by atoms with van der Waals surface area (Å²) in [6, 6.07) is 9.04. The van der Waals surface area contributed by atoms with E-state index in [1.165, 1.54) is 5.56 Å². The Kier molecular flexibility index (Phi) is 7.19. The zero-order valence-electron chi connectivity index (χ0n) is 10.3. The second kappa shape index (κ2) is 8.14. The number of halogens is 1. The van der Waals surface area contributed by atoms with Gasteiger partial charge in [-0.25, -0.2) is 0 Å². The summed E-state index contributed by atoms with van der Waals surface area (Å²) in [6.07, 6.45) is 2.90. The minimum absolute atomic E-state index is 0.241. The van der Waals surface area contributed by atoms with Crippen molar-refractivity contribution in [2.24, 2.45) is 0 Å². The molecule has 2 atom stereocenters. The van der Waals surface area contributed by atoms with Crippen molar-refractivity contribution in [3.8, 4) is 0 Å². The van der Waals surface area contributed by atoms with E-state index < -0.39 is 0 Å². The Balaban J connectivity index is 2.56. The van der Waals surface area contributed by atoms with Gasteiger partial charge in [0.1, 0.15) is 0 Å². The first-order chi connectivity index (χ1) is 8.17. The zero-order chi connectivity index (χ0) is 12.7. The van der Waals surface area contributed by atoms with E-state index in [2.05, 4.69) is 58.7 Å². The van der Waals surface area contributed by atoms with Crippen LogP contribution >= 0.6 is 27.7 Å². The van der Waals surface area contributed by atoms with E-state index in [1.54, 1.807) is 0 Å². The van der Waals surface area contributed by atoms with Crippen LogP contribution in [0.3, 0.4) is 0 Å².